The molecule has 0 aliphatic carbocycles. The van der Waals surface area contributed by atoms with Crippen LogP contribution in [0, 0.1) is 0 Å². The van der Waals surface area contributed by atoms with Gasteiger partial charge in [0, 0.05) is 6.21 Å². The monoisotopic (exact) mass is 189 g/mol. The van der Waals surface area contributed by atoms with Crippen molar-refractivity contribution >= 4 is 6.21 Å². The molecular formula is C12H15NO. The van der Waals surface area contributed by atoms with Crippen molar-refractivity contribution in [1.82, 2.24) is 0 Å². The topological polar surface area (TPSA) is 32.6 Å². The van der Waals surface area contributed by atoms with Gasteiger partial charge in [-0.25, -0.2) is 0 Å². The smallest absolute Gasteiger partial charge is 0.108 e. The highest BCUT2D eigenvalue weighted by Crippen LogP contribution is 2.14. The molecule has 0 saturated carbocycles. The van der Waals surface area contributed by atoms with Crippen molar-refractivity contribution in [2.45, 2.75) is 19.9 Å². The van der Waals surface area contributed by atoms with Crippen molar-refractivity contribution in [2.75, 3.05) is 0 Å². The van der Waals surface area contributed by atoms with Gasteiger partial charge in [0.15, 0.2) is 0 Å². The SMILES string of the molecule is C=C(O)/C=C(C)\C=C1\C=CC=NC1C. The van der Waals surface area contributed by atoms with E-state index in [2.05, 4.69) is 11.6 Å². The van der Waals surface area contributed by atoms with Crippen LogP contribution in [-0.4, -0.2) is 17.4 Å². The molecule has 1 unspecified atom stereocenters. The standard InChI is InChI=1S/C12H15NO/c1-9(7-10(2)14)8-12-5-4-6-13-11(12)3/h4-8,11,14H,2H2,1,3H3/b9-7-,12-8-. The Bertz CT molecular complexity index is 345. The molecule has 0 amide bonds. The van der Waals surface area contributed by atoms with E-state index in [1.54, 1.807) is 12.3 Å². The number of nitrogens with zero attached hydrogens (tertiary/aromatic N) is 1. The van der Waals surface area contributed by atoms with Crippen molar-refractivity contribution in [2.24, 2.45) is 4.99 Å². The summed E-state index contributed by atoms with van der Waals surface area (Å²) in [5.74, 6) is 0.0790. The summed E-state index contributed by atoms with van der Waals surface area (Å²) >= 11 is 0. The van der Waals surface area contributed by atoms with Crippen LogP contribution >= 0.6 is 0 Å². The second-order valence-electron chi connectivity index (χ2n) is 3.36. The molecule has 14 heavy (non-hydrogen) atoms. The molecular weight excluding hydrogens is 174 g/mol. The molecule has 0 aromatic carbocycles. The summed E-state index contributed by atoms with van der Waals surface area (Å²) in [6.45, 7) is 7.37. The molecule has 1 aliphatic rings. The summed E-state index contributed by atoms with van der Waals surface area (Å²) in [6.07, 6.45) is 9.36. The third-order valence-electron chi connectivity index (χ3n) is 1.96. The van der Waals surface area contributed by atoms with E-state index in [9.17, 15) is 0 Å². The van der Waals surface area contributed by atoms with Gasteiger partial charge in [-0.3, -0.25) is 4.99 Å². The van der Waals surface area contributed by atoms with Crippen LogP contribution in [0.2, 0.25) is 0 Å². The number of hydrogen-bond acceptors (Lipinski definition) is 2. The Kier molecular flexibility index (Phi) is 3.46. The summed E-state index contributed by atoms with van der Waals surface area (Å²) in [5.41, 5.74) is 2.11. The zero-order valence-corrected chi connectivity index (χ0v) is 8.57. The van der Waals surface area contributed by atoms with Crippen molar-refractivity contribution in [3.05, 3.63) is 47.8 Å². The molecule has 1 rings (SSSR count). The Morgan fingerprint density at radius 2 is 2.36 bits per heavy atom. The van der Waals surface area contributed by atoms with Gasteiger partial charge >= 0.3 is 0 Å². The van der Waals surface area contributed by atoms with Gasteiger partial charge in [0.25, 0.3) is 0 Å². The first kappa shape index (κ1) is 10.5. The Balaban J connectivity index is 2.83. The average molecular weight is 189 g/mol. The predicted molar refractivity (Wildman–Crippen MR) is 60.7 cm³/mol. The maximum Gasteiger partial charge on any atom is 0.108 e. The lowest BCUT2D eigenvalue weighted by Gasteiger charge is -2.10. The first-order valence-corrected chi connectivity index (χ1v) is 4.57. The Labute approximate surface area is 84.7 Å². The first-order chi connectivity index (χ1) is 6.59. The number of aliphatic hydroxyl groups is 1. The van der Waals surface area contributed by atoms with Gasteiger partial charge < -0.3 is 5.11 Å². The van der Waals surface area contributed by atoms with Gasteiger partial charge in [-0.15, -0.1) is 0 Å². The maximum absolute atomic E-state index is 8.97. The van der Waals surface area contributed by atoms with E-state index in [1.165, 1.54) is 0 Å². The molecule has 0 saturated heterocycles. The molecule has 2 heteroatoms. The van der Waals surface area contributed by atoms with Crippen LogP contribution in [0.15, 0.2) is 52.8 Å². The maximum atomic E-state index is 8.97. The van der Waals surface area contributed by atoms with E-state index in [0.717, 1.165) is 11.1 Å². The zero-order valence-electron chi connectivity index (χ0n) is 8.57. The predicted octanol–water partition coefficient (Wildman–Crippen LogP) is 2.96. The summed E-state index contributed by atoms with van der Waals surface area (Å²) in [5, 5.41) is 8.97. The second kappa shape index (κ2) is 4.61. The van der Waals surface area contributed by atoms with E-state index < -0.39 is 0 Å². The van der Waals surface area contributed by atoms with Crippen LogP contribution in [0.5, 0.6) is 0 Å². The molecule has 0 bridgehead atoms. The molecule has 1 N–H and O–H groups in total. The van der Waals surface area contributed by atoms with Crippen LogP contribution in [0.4, 0.5) is 0 Å². The van der Waals surface area contributed by atoms with Crippen LogP contribution in [0.1, 0.15) is 13.8 Å². The fourth-order valence-electron chi connectivity index (χ4n) is 1.29. The van der Waals surface area contributed by atoms with Crippen molar-refractivity contribution in [3.8, 4) is 0 Å². The van der Waals surface area contributed by atoms with Crippen molar-refractivity contribution < 1.29 is 5.11 Å². The Morgan fingerprint density at radius 1 is 1.64 bits per heavy atom. The minimum atomic E-state index is 0.0790. The number of hydrogen-bond donors (Lipinski definition) is 1. The van der Waals surface area contributed by atoms with Crippen LogP contribution in [0.25, 0.3) is 0 Å². The highest BCUT2D eigenvalue weighted by atomic mass is 16.3. The number of dihydropyridines is 1. The first-order valence-electron chi connectivity index (χ1n) is 4.57. The lowest BCUT2D eigenvalue weighted by atomic mass is 10.0. The average Bonchev–Trinajstić information content (AvgIpc) is 2.07. The van der Waals surface area contributed by atoms with E-state index in [1.807, 2.05) is 32.1 Å². The van der Waals surface area contributed by atoms with E-state index in [4.69, 9.17) is 5.11 Å². The Hall–Kier alpha value is -1.57. The van der Waals surface area contributed by atoms with E-state index >= 15 is 0 Å². The lowest BCUT2D eigenvalue weighted by Crippen LogP contribution is -2.04. The molecule has 0 fully saturated rings. The van der Waals surface area contributed by atoms with Gasteiger partial charge in [0.05, 0.1) is 6.04 Å². The third kappa shape index (κ3) is 3.05. The fourth-order valence-corrected chi connectivity index (χ4v) is 1.29. The van der Waals surface area contributed by atoms with E-state index in [0.29, 0.717) is 0 Å². The molecule has 2 nitrogen and oxygen atoms in total. The quantitative estimate of drug-likeness (QED) is 0.525. The second-order valence-corrected chi connectivity index (χ2v) is 3.36. The molecule has 0 radical (unpaired) electrons. The number of allylic oxidation sites excluding steroid dienone is 4. The summed E-state index contributed by atoms with van der Waals surface area (Å²) in [6, 6.07) is 0.190. The normalized spacial score (nSPS) is 24.3. The summed E-state index contributed by atoms with van der Waals surface area (Å²) in [4.78, 5) is 4.25. The number of rotatable bonds is 2. The largest absolute Gasteiger partial charge is 0.509 e. The van der Waals surface area contributed by atoms with Gasteiger partial charge in [-0.1, -0.05) is 18.7 Å². The van der Waals surface area contributed by atoms with Gasteiger partial charge in [0.1, 0.15) is 5.76 Å². The summed E-state index contributed by atoms with van der Waals surface area (Å²) < 4.78 is 0. The van der Waals surface area contributed by atoms with Gasteiger partial charge in [-0.2, -0.15) is 0 Å². The lowest BCUT2D eigenvalue weighted by molar-refractivity contribution is 0.435. The minimum Gasteiger partial charge on any atom is -0.509 e. The molecule has 1 heterocycles. The molecule has 1 aliphatic heterocycles. The molecule has 0 aromatic heterocycles. The molecule has 1 atom stereocenters. The Morgan fingerprint density at radius 3 is 2.93 bits per heavy atom. The minimum absolute atomic E-state index is 0.0790. The third-order valence-corrected chi connectivity index (χ3v) is 1.96. The number of aliphatic hydroxyl groups excluding tert-OH is 1. The highest BCUT2D eigenvalue weighted by molar-refractivity contribution is 5.74. The van der Waals surface area contributed by atoms with Gasteiger partial charge in [-0.05, 0) is 37.1 Å². The van der Waals surface area contributed by atoms with Crippen LogP contribution in [-0.2, 0) is 0 Å². The van der Waals surface area contributed by atoms with Crippen LogP contribution < -0.4 is 0 Å². The van der Waals surface area contributed by atoms with Crippen molar-refractivity contribution in [1.29, 1.82) is 0 Å². The molecule has 0 spiro atoms. The molecule has 0 aromatic rings. The highest BCUT2D eigenvalue weighted by Gasteiger charge is 2.05. The zero-order chi connectivity index (χ0) is 10.6. The molecule has 74 valence electrons. The summed E-state index contributed by atoms with van der Waals surface area (Å²) in [7, 11) is 0. The fraction of sp³-hybridized carbons (Fsp3) is 0.250. The number of aliphatic imine (C=N–C) groups is 1. The van der Waals surface area contributed by atoms with E-state index in [-0.39, 0.29) is 11.8 Å². The van der Waals surface area contributed by atoms with Crippen molar-refractivity contribution in [3.63, 3.8) is 0 Å². The van der Waals surface area contributed by atoms with Crippen LogP contribution in [0.3, 0.4) is 0 Å². The van der Waals surface area contributed by atoms with Gasteiger partial charge in [0.2, 0.25) is 0 Å².